The Morgan fingerprint density at radius 3 is 2.41 bits per heavy atom. The lowest BCUT2D eigenvalue weighted by Gasteiger charge is -2.17. The van der Waals surface area contributed by atoms with Gasteiger partial charge in [0.25, 0.3) is 5.56 Å². The summed E-state index contributed by atoms with van der Waals surface area (Å²) >= 11 is 0.995. The molecule has 1 aliphatic rings. The maximum absolute atomic E-state index is 13.1. The molecular formula is C24H23FN6O5S. The molecule has 2 aromatic carbocycles. The van der Waals surface area contributed by atoms with Crippen LogP contribution in [0.15, 0.2) is 63.1 Å². The molecule has 0 bridgehead atoms. The minimum Gasteiger partial charge on any atom is -0.494 e. The third kappa shape index (κ3) is 6.06. The zero-order valence-corrected chi connectivity index (χ0v) is 20.6. The van der Waals surface area contributed by atoms with Crippen LogP contribution in [0.4, 0.5) is 15.8 Å². The molecule has 0 radical (unpaired) electrons. The highest BCUT2D eigenvalue weighted by Gasteiger charge is 2.33. The van der Waals surface area contributed by atoms with Crippen LogP contribution in [0.5, 0.6) is 5.88 Å². The van der Waals surface area contributed by atoms with E-state index >= 15 is 0 Å². The first-order valence-electron chi connectivity index (χ1n) is 11.0. The van der Waals surface area contributed by atoms with E-state index in [1.165, 1.54) is 24.3 Å². The second kappa shape index (κ2) is 10.7. The summed E-state index contributed by atoms with van der Waals surface area (Å²) < 4.78 is 13.1. The molecular weight excluding hydrogens is 503 g/mol. The Labute approximate surface area is 213 Å². The second-order valence-corrected chi connectivity index (χ2v) is 9.54. The summed E-state index contributed by atoms with van der Waals surface area (Å²) in [5.41, 5.74) is -0.146. The van der Waals surface area contributed by atoms with E-state index in [0.717, 1.165) is 17.4 Å². The summed E-state index contributed by atoms with van der Waals surface area (Å²) in [5, 5.41) is 14.9. The van der Waals surface area contributed by atoms with Gasteiger partial charge in [-0.05, 0) is 42.0 Å². The van der Waals surface area contributed by atoms with E-state index in [2.05, 4.69) is 25.6 Å². The van der Waals surface area contributed by atoms with Crippen LogP contribution in [-0.4, -0.2) is 51.4 Å². The molecule has 3 aromatic rings. The van der Waals surface area contributed by atoms with Crippen molar-refractivity contribution in [3.8, 4) is 5.88 Å². The molecule has 11 nitrogen and oxygen atoms in total. The van der Waals surface area contributed by atoms with Gasteiger partial charge < -0.3 is 20.6 Å². The first kappa shape index (κ1) is 25.7. The topological polar surface area (TPSA) is 160 Å². The number of aromatic nitrogens is 2. The summed E-state index contributed by atoms with van der Waals surface area (Å²) in [7, 11) is 3.73. The number of thioether (sulfide) groups is 1. The van der Waals surface area contributed by atoms with E-state index in [4.69, 9.17) is 0 Å². The molecule has 37 heavy (non-hydrogen) atoms. The van der Waals surface area contributed by atoms with Gasteiger partial charge in [-0.3, -0.25) is 24.4 Å². The third-order valence-corrected chi connectivity index (χ3v) is 6.57. The quantitative estimate of drug-likeness (QED) is 0.313. The molecule has 4 rings (SSSR count). The monoisotopic (exact) mass is 526 g/mol. The molecule has 1 saturated heterocycles. The lowest BCUT2D eigenvalue weighted by Crippen LogP contribution is -2.29. The van der Waals surface area contributed by atoms with Crippen molar-refractivity contribution in [2.24, 2.45) is 4.99 Å². The van der Waals surface area contributed by atoms with Crippen molar-refractivity contribution in [3.63, 3.8) is 0 Å². The van der Waals surface area contributed by atoms with Crippen molar-refractivity contribution in [2.75, 3.05) is 24.3 Å². The molecule has 1 fully saturated rings. The maximum Gasteiger partial charge on any atom is 0.328 e. The Morgan fingerprint density at radius 1 is 1.11 bits per heavy atom. The molecule has 0 aliphatic carbocycles. The molecule has 2 heterocycles. The lowest BCUT2D eigenvalue weighted by atomic mass is 10.0. The number of amidine groups is 1. The number of carbonyl (C=O) groups is 2. The number of rotatable bonds is 7. The number of aromatic amines is 2. The van der Waals surface area contributed by atoms with E-state index in [9.17, 15) is 28.7 Å². The minimum absolute atomic E-state index is 0.135. The van der Waals surface area contributed by atoms with Crippen molar-refractivity contribution in [2.45, 2.75) is 17.7 Å². The Kier molecular flexibility index (Phi) is 7.43. The molecule has 0 saturated carbocycles. The molecule has 192 valence electrons. The summed E-state index contributed by atoms with van der Waals surface area (Å²) in [6.45, 7) is 0. The first-order valence-corrected chi connectivity index (χ1v) is 11.9. The van der Waals surface area contributed by atoms with Gasteiger partial charge in [-0.2, -0.15) is 0 Å². The first-order chi connectivity index (χ1) is 17.6. The fraction of sp³-hybridized carbons (Fsp3) is 0.208. The normalized spacial score (nSPS) is 16.9. The van der Waals surface area contributed by atoms with Gasteiger partial charge in [-0.15, -0.1) is 0 Å². The van der Waals surface area contributed by atoms with Gasteiger partial charge in [0.2, 0.25) is 17.7 Å². The molecule has 2 atom stereocenters. The summed E-state index contributed by atoms with van der Waals surface area (Å²) in [5.74, 6) is -2.00. The van der Waals surface area contributed by atoms with Crippen LogP contribution in [0, 0.1) is 5.82 Å². The Hall–Kier alpha value is -4.39. The molecule has 2 unspecified atom stereocenters. The number of aromatic hydroxyl groups is 1. The largest absolute Gasteiger partial charge is 0.494 e. The number of anilines is 2. The van der Waals surface area contributed by atoms with Crippen molar-refractivity contribution in [1.29, 1.82) is 0 Å². The predicted molar refractivity (Wildman–Crippen MR) is 139 cm³/mol. The highest BCUT2D eigenvalue weighted by atomic mass is 32.2. The number of H-pyrrole nitrogens is 2. The number of aliphatic imine (C=N–C) groups is 1. The second-order valence-electron chi connectivity index (χ2n) is 8.35. The highest BCUT2D eigenvalue weighted by Crippen LogP contribution is 2.32. The Morgan fingerprint density at radius 2 is 1.78 bits per heavy atom. The van der Waals surface area contributed by atoms with E-state index in [1.54, 1.807) is 24.3 Å². The fourth-order valence-electron chi connectivity index (χ4n) is 3.63. The number of amides is 2. The number of nitrogens with one attached hydrogen (secondary N) is 4. The molecule has 2 amide bonds. The smallest absolute Gasteiger partial charge is 0.328 e. The van der Waals surface area contributed by atoms with Crippen molar-refractivity contribution < 1.29 is 19.1 Å². The van der Waals surface area contributed by atoms with Crippen LogP contribution in [-0.2, 0) is 9.59 Å². The van der Waals surface area contributed by atoms with Gasteiger partial charge in [0.05, 0.1) is 0 Å². The van der Waals surface area contributed by atoms with Gasteiger partial charge in [0.1, 0.15) is 22.7 Å². The van der Waals surface area contributed by atoms with Crippen LogP contribution in [0.3, 0.4) is 0 Å². The predicted octanol–water partition coefficient (Wildman–Crippen LogP) is 1.68. The molecule has 1 aliphatic heterocycles. The molecule has 5 N–H and O–H groups in total. The zero-order valence-electron chi connectivity index (χ0n) is 19.7. The average molecular weight is 527 g/mol. The summed E-state index contributed by atoms with van der Waals surface area (Å²) in [6.07, 6.45) is -0.181. The summed E-state index contributed by atoms with van der Waals surface area (Å²) in [4.78, 5) is 59.8. The number of hydrogen-bond donors (Lipinski definition) is 5. The van der Waals surface area contributed by atoms with Crippen LogP contribution in [0.25, 0.3) is 0 Å². The van der Waals surface area contributed by atoms with Crippen LogP contribution in [0.1, 0.15) is 23.6 Å². The van der Waals surface area contributed by atoms with E-state index < -0.39 is 46.1 Å². The third-order valence-electron chi connectivity index (χ3n) is 5.48. The fourth-order valence-corrected chi connectivity index (χ4v) is 4.63. The van der Waals surface area contributed by atoms with E-state index in [-0.39, 0.29) is 17.2 Å². The van der Waals surface area contributed by atoms with Gasteiger partial charge in [-0.1, -0.05) is 23.9 Å². The average Bonchev–Trinajstić information content (AvgIpc) is 3.17. The van der Waals surface area contributed by atoms with Crippen molar-refractivity contribution >= 4 is 40.1 Å². The number of halogens is 1. The zero-order chi connectivity index (χ0) is 26.7. The van der Waals surface area contributed by atoms with E-state index in [0.29, 0.717) is 11.3 Å². The van der Waals surface area contributed by atoms with Crippen LogP contribution >= 0.6 is 11.8 Å². The van der Waals surface area contributed by atoms with Gasteiger partial charge in [0.15, 0.2) is 5.17 Å². The lowest BCUT2D eigenvalue weighted by molar-refractivity contribution is -0.122. The molecule has 0 spiro atoms. The van der Waals surface area contributed by atoms with E-state index in [1.807, 2.05) is 19.0 Å². The SMILES string of the molecule is CN(C)c1ccc(C(N=C2NC(=O)C(CC(=O)Nc3ccc(F)cc3)S2)c2c(O)[nH]c(=O)[nH]c2=O)cc1. The van der Waals surface area contributed by atoms with Gasteiger partial charge in [-0.25, -0.2) is 14.2 Å². The minimum atomic E-state index is -1.08. The molecule has 13 heteroatoms. The van der Waals surface area contributed by atoms with Gasteiger partial charge >= 0.3 is 5.69 Å². The number of hydrogen-bond acceptors (Lipinski definition) is 8. The van der Waals surface area contributed by atoms with Crippen molar-refractivity contribution in [1.82, 2.24) is 15.3 Å². The standard InChI is InChI=1S/C24H23FN6O5S/c1-31(2)15-9-3-12(4-10-15)19(18-21(34)28-23(36)29-22(18)35)27-24-30-20(33)16(37-24)11-17(32)26-14-7-5-13(25)6-8-14/h3-10,16,19H,11H2,1-2H3,(H,26,32)(H,27,30,33)(H3,28,29,34,35,36). The van der Waals surface area contributed by atoms with Gasteiger partial charge in [0, 0.05) is 31.9 Å². The highest BCUT2D eigenvalue weighted by molar-refractivity contribution is 8.15. The Balaban J connectivity index is 1.60. The number of benzene rings is 2. The van der Waals surface area contributed by atoms with Crippen molar-refractivity contribution in [3.05, 3.63) is 86.3 Å². The molecule has 1 aromatic heterocycles. The van der Waals surface area contributed by atoms with Crippen LogP contribution < -0.4 is 26.8 Å². The van der Waals surface area contributed by atoms with Crippen LogP contribution in [0.2, 0.25) is 0 Å². The Bertz CT molecular complexity index is 1470. The summed E-state index contributed by atoms with van der Waals surface area (Å²) in [6, 6.07) is 11.2. The maximum atomic E-state index is 13.1. The number of carbonyl (C=O) groups excluding carboxylic acids is 2. The number of nitrogens with zero attached hydrogens (tertiary/aromatic N) is 2.